The average molecular weight is 239 g/mol. The van der Waals surface area contributed by atoms with E-state index >= 15 is 0 Å². The van der Waals surface area contributed by atoms with E-state index in [-0.39, 0.29) is 0 Å². The van der Waals surface area contributed by atoms with Gasteiger partial charge in [0.1, 0.15) is 0 Å². The second kappa shape index (κ2) is 4.60. The van der Waals surface area contributed by atoms with Gasteiger partial charge in [-0.3, -0.25) is 9.69 Å². The fraction of sp³-hybridized carbons (Fsp3) is 0.929. The lowest BCUT2D eigenvalue weighted by molar-refractivity contribution is -0.138. The zero-order valence-corrected chi connectivity index (χ0v) is 11.3. The second-order valence-corrected chi connectivity index (χ2v) is 6.95. The summed E-state index contributed by atoms with van der Waals surface area (Å²) in [5, 5.41) is 9.01. The third kappa shape index (κ3) is 3.44. The average Bonchev–Trinajstić information content (AvgIpc) is 2.91. The molecule has 2 aliphatic rings. The highest BCUT2D eigenvalue weighted by Crippen LogP contribution is 2.41. The summed E-state index contributed by atoms with van der Waals surface area (Å²) < 4.78 is 0. The normalized spacial score (nSPS) is 30.8. The monoisotopic (exact) mass is 239 g/mol. The van der Waals surface area contributed by atoms with Crippen molar-refractivity contribution in [1.82, 2.24) is 4.90 Å². The Bertz CT molecular complexity index is 291. The van der Waals surface area contributed by atoms with Gasteiger partial charge in [0.05, 0.1) is 0 Å². The summed E-state index contributed by atoms with van der Waals surface area (Å²) in [6.45, 7) is 7.89. The Kier molecular flexibility index (Phi) is 3.48. The molecule has 0 spiro atoms. The van der Waals surface area contributed by atoms with Crippen molar-refractivity contribution in [2.45, 2.75) is 65.0 Å². The smallest absolute Gasteiger partial charge is 0.303 e. The number of hydrogen-bond donors (Lipinski definition) is 1. The van der Waals surface area contributed by atoms with Gasteiger partial charge in [0.15, 0.2) is 0 Å². The van der Waals surface area contributed by atoms with Gasteiger partial charge >= 0.3 is 5.97 Å². The molecule has 0 amide bonds. The highest BCUT2D eigenvalue weighted by Gasteiger charge is 2.43. The zero-order chi connectivity index (χ0) is 12.6. The van der Waals surface area contributed by atoms with E-state index in [2.05, 4.69) is 25.7 Å². The van der Waals surface area contributed by atoms with Crippen LogP contribution < -0.4 is 0 Å². The summed E-state index contributed by atoms with van der Waals surface area (Å²) in [6.07, 6.45) is 5.19. The minimum absolute atomic E-state index is 0.291. The van der Waals surface area contributed by atoms with Gasteiger partial charge in [-0.1, -0.05) is 20.8 Å². The molecule has 0 aromatic carbocycles. The summed E-state index contributed by atoms with van der Waals surface area (Å²) in [5.74, 6) is -0.265. The Hall–Kier alpha value is -0.570. The number of carbonyl (C=O) groups is 1. The first-order valence-electron chi connectivity index (χ1n) is 6.84. The van der Waals surface area contributed by atoms with Crippen LogP contribution in [0.15, 0.2) is 0 Å². The summed E-state index contributed by atoms with van der Waals surface area (Å²) in [7, 11) is 0. The van der Waals surface area contributed by atoms with Crippen LogP contribution in [0.25, 0.3) is 0 Å². The van der Waals surface area contributed by atoms with Crippen LogP contribution in [0.3, 0.4) is 0 Å². The number of likely N-dealkylation sites (tertiary alicyclic amines) is 1. The molecule has 3 nitrogen and oxygen atoms in total. The maximum atomic E-state index is 10.9. The molecule has 3 heteroatoms. The highest BCUT2D eigenvalue weighted by molar-refractivity contribution is 5.67. The number of nitrogens with zero attached hydrogens (tertiary/aromatic N) is 1. The van der Waals surface area contributed by atoms with E-state index in [1.807, 2.05) is 0 Å². The van der Waals surface area contributed by atoms with Crippen LogP contribution in [-0.4, -0.2) is 34.6 Å². The highest BCUT2D eigenvalue weighted by atomic mass is 16.4. The van der Waals surface area contributed by atoms with Crippen molar-refractivity contribution in [2.24, 2.45) is 11.3 Å². The summed E-state index contributed by atoms with van der Waals surface area (Å²) in [6, 6.07) is 1.26. The van der Waals surface area contributed by atoms with Gasteiger partial charge in [-0.25, -0.2) is 0 Å². The zero-order valence-electron chi connectivity index (χ0n) is 11.3. The van der Waals surface area contributed by atoms with E-state index in [1.165, 1.54) is 12.8 Å². The molecule has 2 atom stereocenters. The van der Waals surface area contributed by atoms with Crippen molar-refractivity contribution in [3.8, 4) is 0 Å². The molecule has 98 valence electrons. The number of rotatable bonds is 4. The molecule has 2 fully saturated rings. The SMILES string of the molecule is CC(C)(C)C[C@@H]1[C@@H](CC(=O)O)CCN1C1CC1. The minimum Gasteiger partial charge on any atom is -0.481 e. The van der Waals surface area contributed by atoms with Gasteiger partial charge < -0.3 is 5.11 Å². The summed E-state index contributed by atoms with van der Waals surface area (Å²) >= 11 is 0. The molecular weight excluding hydrogens is 214 g/mol. The quantitative estimate of drug-likeness (QED) is 0.820. The number of aliphatic carboxylic acids is 1. The maximum Gasteiger partial charge on any atom is 0.303 e. The maximum absolute atomic E-state index is 10.9. The standard InChI is InChI=1S/C14H25NO2/c1-14(2,3)9-12-10(8-13(16)17)6-7-15(12)11-4-5-11/h10-12H,4-9H2,1-3H3,(H,16,17)/t10-,12-/m1/s1. The van der Waals surface area contributed by atoms with Gasteiger partial charge in [0.25, 0.3) is 0 Å². The Morgan fingerprint density at radius 3 is 2.41 bits per heavy atom. The third-order valence-electron chi connectivity index (χ3n) is 4.00. The van der Waals surface area contributed by atoms with E-state index in [0.29, 0.717) is 23.8 Å². The van der Waals surface area contributed by atoms with Gasteiger partial charge in [0, 0.05) is 18.5 Å². The van der Waals surface area contributed by atoms with Crippen LogP contribution in [0.2, 0.25) is 0 Å². The van der Waals surface area contributed by atoms with Crippen LogP contribution in [0.1, 0.15) is 52.9 Å². The topological polar surface area (TPSA) is 40.5 Å². The van der Waals surface area contributed by atoms with Gasteiger partial charge in [-0.05, 0) is 43.6 Å². The molecule has 0 aromatic rings. The van der Waals surface area contributed by atoms with Crippen LogP contribution in [-0.2, 0) is 4.79 Å². The molecule has 1 saturated carbocycles. The Balaban J connectivity index is 2.03. The van der Waals surface area contributed by atoms with Gasteiger partial charge in [0.2, 0.25) is 0 Å². The molecule has 1 aliphatic carbocycles. The molecule has 2 rings (SSSR count). The predicted molar refractivity (Wildman–Crippen MR) is 67.9 cm³/mol. The fourth-order valence-corrected chi connectivity index (χ4v) is 3.18. The summed E-state index contributed by atoms with van der Waals surface area (Å²) in [5.41, 5.74) is 0.291. The van der Waals surface area contributed by atoms with Crippen molar-refractivity contribution in [2.75, 3.05) is 6.54 Å². The molecule has 1 aliphatic heterocycles. The molecule has 1 heterocycles. The first kappa shape index (κ1) is 12.9. The van der Waals surface area contributed by atoms with E-state index < -0.39 is 5.97 Å². The number of carboxylic acids is 1. The van der Waals surface area contributed by atoms with Crippen LogP contribution >= 0.6 is 0 Å². The van der Waals surface area contributed by atoms with E-state index in [4.69, 9.17) is 5.11 Å². The molecule has 17 heavy (non-hydrogen) atoms. The molecular formula is C14H25NO2. The van der Waals surface area contributed by atoms with E-state index in [1.54, 1.807) is 0 Å². The molecule has 0 radical (unpaired) electrons. The molecule has 0 bridgehead atoms. The first-order chi connectivity index (χ1) is 7.87. The fourth-order valence-electron chi connectivity index (χ4n) is 3.18. The first-order valence-corrected chi connectivity index (χ1v) is 6.84. The van der Waals surface area contributed by atoms with Crippen molar-refractivity contribution in [3.05, 3.63) is 0 Å². The Labute approximate surface area is 104 Å². The van der Waals surface area contributed by atoms with Crippen molar-refractivity contribution < 1.29 is 9.90 Å². The lowest BCUT2D eigenvalue weighted by Gasteiger charge is -2.33. The Morgan fingerprint density at radius 2 is 1.94 bits per heavy atom. The lowest BCUT2D eigenvalue weighted by atomic mass is 9.82. The second-order valence-electron chi connectivity index (χ2n) is 6.95. The van der Waals surface area contributed by atoms with Crippen molar-refractivity contribution in [3.63, 3.8) is 0 Å². The number of carboxylic acid groups (broad SMARTS) is 1. The van der Waals surface area contributed by atoms with Crippen LogP contribution in [0.4, 0.5) is 0 Å². The number of hydrogen-bond acceptors (Lipinski definition) is 2. The van der Waals surface area contributed by atoms with Crippen molar-refractivity contribution >= 4 is 5.97 Å². The minimum atomic E-state index is -0.633. The van der Waals surface area contributed by atoms with Crippen molar-refractivity contribution in [1.29, 1.82) is 0 Å². The predicted octanol–water partition coefficient (Wildman–Crippen LogP) is 2.75. The third-order valence-corrected chi connectivity index (χ3v) is 4.00. The largest absolute Gasteiger partial charge is 0.481 e. The molecule has 0 aromatic heterocycles. The van der Waals surface area contributed by atoms with Gasteiger partial charge in [-0.2, -0.15) is 0 Å². The summed E-state index contributed by atoms with van der Waals surface area (Å²) in [4.78, 5) is 13.5. The molecule has 0 unspecified atom stereocenters. The molecule has 1 N–H and O–H groups in total. The van der Waals surface area contributed by atoms with Gasteiger partial charge in [-0.15, -0.1) is 0 Å². The lowest BCUT2D eigenvalue weighted by Crippen LogP contribution is -2.38. The van der Waals surface area contributed by atoms with E-state index in [0.717, 1.165) is 25.4 Å². The van der Waals surface area contributed by atoms with Crippen LogP contribution in [0.5, 0.6) is 0 Å². The van der Waals surface area contributed by atoms with E-state index in [9.17, 15) is 4.79 Å². The molecule has 1 saturated heterocycles. The van der Waals surface area contributed by atoms with Crippen LogP contribution in [0, 0.1) is 11.3 Å². The Morgan fingerprint density at radius 1 is 1.29 bits per heavy atom.